The summed E-state index contributed by atoms with van der Waals surface area (Å²) in [7, 11) is 2.68. The number of carbonyl (C=O) groups excluding carboxylic acids is 1. The number of benzene rings is 1. The van der Waals surface area contributed by atoms with Crippen molar-refractivity contribution < 1.29 is 24.1 Å². The van der Waals surface area contributed by atoms with Crippen LogP contribution in [0, 0.1) is 0 Å². The summed E-state index contributed by atoms with van der Waals surface area (Å²) >= 11 is 6.07. The van der Waals surface area contributed by atoms with E-state index in [0.29, 0.717) is 23.7 Å². The van der Waals surface area contributed by atoms with Crippen molar-refractivity contribution in [2.45, 2.75) is 13.0 Å². The van der Waals surface area contributed by atoms with E-state index in [0.717, 1.165) is 0 Å². The first-order valence-electron chi connectivity index (χ1n) is 5.91. The van der Waals surface area contributed by atoms with Crippen LogP contribution in [0.2, 0.25) is 5.02 Å². The minimum Gasteiger partial charge on any atom is -0.491 e. The lowest BCUT2D eigenvalue weighted by atomic mass is 10.0. The average Bonchev–Trinajstić information content (AvgIpc) is 2.44. The lowest BCUT2D eigenvalue weighted by Crippen LogP contribution is -2.12. The quantitative estimate of drug-likeness (QED) is 0.646. The Morgan fingerprint density at radius 1 is 1.45 bits per heavy atom. The zero-order valence-corrected chi connectivity index (χ0v) is 12.4. The molecule has 0 saturated heterocycles. The van der Waals surface area contributed by atoms with Gasteiger partial charge in [-0.15, -0.1) is 0 Å². The van der Waals surface area contributed by atoms with Crippen LogP contribution in [-0.2, 0) is 9.53 Å². The van der Waals surface area contributed by atoms with Crippen LogP contribution < -0.4 is 9.47 Å². The van der Waals surface area contributed by atoms with Crippen molar-refractivity contribution in [3.8, 4) is 11.5 Å². The lowest BCUT2D eigenvalue weighted by molar-refractivity contribution is -0.137. The predicted molar refractivity (Wildman–Crippen MR) is 75.3 cm³/mol. The van der Waals surface area contributed by atoms with Gasteiger partial charge in [-0.1, -0.05) is 18.2 Å². The smallest absolute Gasteiger partial charge is 0.336 e. The number of halogens is 1. The van der Waals surface area contributed by atoms with Gasteiger partial charge in [0.15, 0.2) is 11.5 Å². The number of carbonyl (C=O) groups is 1. The van der Waals surface area contributed by atoms with Crippen molar-refractivity contribution in [3.63, 3.8) is 0 Å². The van der Waals surface area contributed by atoms with Crippen LogP contribution in [0.25, 0.3) is 0 Å². The third-order valence-corrected chi connectivity index (χ3v) is 2.91. The summed E-state index contributed by atoms with van der Waals surface area (Å²) < 4.78 is 15.1. The largest absolute Gasteiger partial charge is 0.491 e. The molecule has 5 nitrogen and oxygen atoms in total. The fourth-order valence-electron chi connectivity index (χ4n) is 1.65. The third-order valence-electron chi connectivity index (χ3n) is 2.63. The molecule has 1 N–H and O–H groups in total. The van der Waals surface area contributed by atoms with Gasteiger partial charge in [-0.05, 0) is 24.6 Å². The Morgan fingerprint density at radius 2 is 2.10 bits per heavy atom. The molecule has 0 fully saturated rings. The first-order chi connectivity index (χ1) is 9.46. The number of aliphatic hydroxyl groups is 1. The summed E-state index contributed by atoms with van der Waals surface area (Å²) in [5.74, 6) is 0.0600. The average molecular weight is 301 g/mol. The molecule has 0 aromatic heterocycles. The first-order valence-corrected chi connectivity index (χ1v) is 6.29. The molecule has 0 aliphatic rings. The molecule has 1 aromatic carbocycles. The van der Waals surface area contributed by atoms with E-state index in [1.165, 1.54) is 20.3 Å². The summed E-state index contributed by atoms with van der Waals surface area (Å²) in [4.78, 5) is 11.4. The number of aliphatic hydroxyl groups excluding tert-OH is 1. The van der Waals surface area contributed by atoms with E-state index >= 15 is 0 Å². The molecule has 0 heterocycles. The molecule has 0 radical (unpaired) electrons. The fourth-order valence-corrected chi connectivity index (χ4v) is 1.95. The van der Waals surface area contributed by atoms with Crippen LogP contribution >= 0.6 is 11.6 Å². The predicted octanol–water partition coefficient (Wildman–Crippen LogP) is 2.51. The maximum absolute atomic E-state index is 11.4. The van der Waals surface area contributed by atoms with E-state index in [-0.39, 0.29) is 10.6 Å². The van der Waals surface area contributed by atoms with Crippen molar-refractivity contribution in [2.75, 3.05) is 20.8 Å². The number of hydrogen-bond donors (Lipinski definition) is 1. The molecule has 0 bridgehead atoms. The van der Waals surface area contributed by atoms with Gasteiger partial charge in [0.25, 0.3) is 0 Å². The second-order valence-corrected chi connectivity index (χ2v) is 4.29. The van der Waals surface area contributed by atoms with Gasteiger partial charge in [0.1, 0.15) is 6.10 Å². The standard InChI is InChI=1S/C14H17ClO5/c1-5-20-11-7-9(6-10(15)13(11)18-3)12(16)8(2)14(17)19-4/h6-7,12,16H,2,5H2,1,3-4H3. The number of ether oxygens (including phenoxy) is 3. The van der Waals surface area contributed by atoms with E-state index in [2.05, 4.69) is 11.3 Å². The molecule has 1 rings (SSSR count). The zero-order chi connectivity index (χ0) is 15.3. The molecule has 1 atom stereocenters. The van der Waals surface area contributed by atoms with Crippen molar-refractivity contribution >= 4 is 17.6 Å². The van der Waals surface area contributed by atoms with Gasteiger partial charge in [0.05, 0.1) is 31.4 Å². The maximum Gasteiger partial charge on any atom is 0.336 e. The van der Waals surface area contributed by atoms with Crippen molar-refractivity contribution in [1.82, 2.24) is 0 Å². The van der Waals surface area contributed by atoms with Crippen LogP contribution in [-0.4, -0.2) is 31.9 Å². The highest BCUT2D eigenvalue weighted by molar-refractivity contribution is 6.32. The van der Waals surface area contributed by atoms with Gasteiger partial charge in [-0.25, -0.2) is 4.79 Å². The van der Waals surface area contributed by atoms with Crippen LogP contribution in [0.5, 0.6) is 11.5 Å². The van der Waals surface area contributed by atoms with Crippen LogP contribution in [0.15, 0.2) is 24.3 Å². The zero-order valence-electron chi connectivity index (χ0n) is 11.6. The van der Waals surface area contributed by atoms with Crippen LogP contribution in [0.3, 0.4) is 0 Å². The summed E-state index contributed by atoms with van der Waals surface area (Å²) in [6.45, 7) is 5.73. The highest BCUT2D eigenvalue weighted by Gasteiger charge is 2.22. The highest BCUT2D eigenvalue weighted by Crippen LogP contribution is 2.38. The monoisotopic (exact) mass is 300 g/mol. The highest BCUT2D eigenvalue weighted by atomic mass is 35.5. The molecule has 110 valence electrons. The maximum atomic E-state index is 11.4. The SMILES string of the molecule is C=C(C(=O)OC)C(O)c1cc(Cl)c(OC)c(OCC)c1. The molecular weight excluding hydrogens is 284 g/mol. The van der Waals surface area contributed by atoms with Gasteiger partial charge in [-0.3, -0.25) is 0 Å². The van der Waals surface area contributed by atoms with E-state index in [1.54, 1.807) is 6.07 Å². The Balaban J connectivity index is 3.19. The lowest BCUT2D eigenvalue weighted by Gasteiger charge is -2.17. The minimum atomic E-state index is -1.23. The molecule has 0 aliphatic carbocycles. The van der Waals surface area contributed by atoms with E-state index < -0.39 is 12.1 Å². The van der Waals surface area contributed by atoms with E-state index in [9.17, 15) is 9.90 Å². The summed E-state index contributed by atoms with van der Waals surface area (Å²) in [5.41, 5.74) is 0.283. The molecule has 20 heavy (non-hydrogen) atoms. The fraction of sp³-hybridized carbons (Fsp3) is 0.357. The number of rotatable bonds is 6. The Hall–Kier alpha value is -1.72. The van der Waals surface area contributed by atoms with Crippen molar-refractivity contribution in [2.24, 2.45) is 0 Å². The number of esters is 1. The van der Waals surface area contributed by atoms with Gasteiger partial charge < -0.3 is 19.3 Å². The van der Waals surface area contributed by atoms with E-state index in [1.807, 2.05) is 6.92 Å². The molecule has 6 heteroatoms. The Bertz CT molecular complexity index is 513. The van der Waals surface area contributed by atoms with Crippen LogP contribution in [0.1, 0.15) is 18.6 Å². The normalized spacial score (nSPS) is 11.7. The molecule has 1 aromatic rings. The van der Waals surface area contributed by atoms with E-state index in [4.69, 9.17) is 21.1 Å². The second kappa shape index (κ2) is 7.17. The number of hydrogen-bond acceptors (Lipinski definition) is 5. The molecular formula is C14H17ClO5. The summed E-state index contributed by atoms with van der Waals surface area (Å²) in [6, 6.07) is 3.04. The molecule has 1 unspecified atom stereocenters. The number of methoxy groups -OCH3 is 2. The second-order valence-electron chi connectivity index (χ2n) is 3.89. The van der Waals surface area contributed by atoms with Crippen molar-refractivity contribution in [3.05, 3.63) is 34.9 Å². The topological polar surface area (TPSA) is 65.0 Å². The molecule has 0 amide bonds. The summed E-state index contributed by atoms with van der Waals surface area (Å²) in [5, 5.41) is 10.4. The van der Waals surface area contributed by atoms with Crippen molar-refractivity contribution in [1.29, 1.82) is 0 Å². The Labute approximate surface area is 122 Å². The molecule has 0 aliphatic heterocycles. The minimum absolute atomic E-state index is 0.0869. The van der Waals surface area contributed by atoms with Crippen LogP contribution in [0.4, 0.5) is 0 Å². The van der Waals surface area contributed by atoms with Gasteiger partial charge >= 0.3 is 5.97 Å². The molecule has 0 spiro atoms. The van der Waals surface area contributed by atoms with Gasteiger partial charge in [0.2, 0.25) is 0 Å². The summed E-state index contributed by atoms with van der Waals surface area (Å²) in [6.07, 6.45) is -1.23. The first kappa shape index (κ1) is 16.3. The molecule has 0 saturated carbocycles. The van der Waals surface area contributed by atoms with Gasteiger partial charge in [0, 0.05) is 0 Å². The Morgan fingerprint density at radius 3 is 2.60 bits per heavy atom. The Kier molecular flexibility index (Phi) is 5.85. The van der Waals surface area contributed by atoms with Gasteiger partial charge in [-0.2, -0.15) is 0 Å². The third kappa shape index (κ3) is 3.43.